The summed E-state index contributed by atoms with van der Waals surface area (Å²) >= 11 is 1.05. The van der Waals surface area contributed by atoms with Crippen LogP contribution in [0.5, 0.6) is 11.5 Å². The van der Waals surface area contributed by atoms with Gasteiger partial charge in [0.05, 0.1) is 11.4 Å². The SMILES string of the molecule is O=C(CSc1nc2c([nH]c3ccccc32)c(=O)n1-c1ccccc1F)Nc1ccc2c(c1)OCCO2. The summed E-state index contributed by atoms with van der Waals surface area (Å²) in [7, 11) is 0. The number of H-pyrrole nitrogens is 1. The Bertz CT molecular complexity index is 1700. The van der Waals surface area contributed by atoms with Crippen molar-refractivity contribution in [3.63, 3.8) is 0 Å². The standard InChI is InChI=1S/C26H19FN4O4S/c27-17-6-2-4-8-19(17)31-25(33)24-23(16-5-1-3-7-18(16)29-24)30-26(31)36-14-22(32)28-15-9-10-20-21(13-15)35-12-11-34-20/h1-10,13,29H,11-12,14H2,(H,28,32). The van der Waals surface area contributed by atoms with Crippen LogP contribution in [-0.4, -0.2) is 39.4 Å². The number of carbonyl (C=O) groups is 1. The summed E-state index contributed by atoms with van der Waals surface area (Å²) in [5.41, 5.74) is 1.65. The molecule has 0 saturated heterocycles. The van der Waals surface area contributed by atoms with E-state index >= 15 is 0 Å². The lowest BCUT2D eigenvalue weighted by molar-refractivity contribution is -0.113. The number of aromatic nitrogens is 3. The van der Waals surface area contributed by atoms with E-state index in [9.17, 15) is 14.0 Å². The zero-order valence-electron chi connectivity index (χ0n) is 18.8. The molecule has 6 rings (SSSR count). The number of benzene rings is 3. The molecule has 2 aromatic heterocycles. The molecule has 1 aliphatic rings. The highest BCUT2D eigenvalue weighted by Gasteiger charge is 2.20. The number of para-hydroxylation sites is 2. The highest BCUT2D eigenvalue weighted by molar-refractivity contribution is 7.99. The first-order valence-corrected chi connectivity index (χ1v) is 12.2. The van der Waals surface area contributed by atoms with Crippen LogP contribution in [0.15, 0.2) is 76.7 Å². The second kappa shape index (κ2) is 9.04. The highest BCUT2D eigenvalue weighted by atomic mass is 32.2. The van der Waals surface area contributed by atoms with E-state index in [0.29, 0.717) is 35.9 Å². The monoisotopic (exact) mass is 502 g/mol. The molecular weight excluding hydrogens is 483 g/mol. The number of hydrogen-bond donors (Lipinski definition) is 2. The zero-order chi connectivity index (χ0) is 24.6. The van der Waals surface area contributed by atoms with Crippen molar-refractivity contribution in [1.29, 1.82) is 0 Å². The summed E-state index contributed by atoms with van der Waals surface area (Å²) in [5, 5.41) is 3.80. The maximum absolute atomic E-state index is 14.8. The number of fused-ring (bicyclic) bond motifs is 4. The van der Waals surface area contributed by atoms with Gasteiger partial charge in [0.1, 0.15) is 30.1 Å². The van der Waals surface area contributed by atoms with E-state index in [1.54, 1.807) is 30.3 Å². The Hall–Kier alpha value is -4.31. The van der Waals surface area contributed by atoms with Gasteiger partial charge in [-0.3, -0.25) is 14.2 Å². The van der Waals surface area contributed by atoms with Crippen molar-refractivity contribution < 1.29 is 18.7 Å². The minimum Gasteiger partial charge on any atom is -0.486 e. The van der Waals surface area contributed by atoms with E-state index in [4.69, 9.17) is 9.47 Å². The van der Waals surface area contributed by atoms with Gasteiger partial charge in [0.25, 0.3) is 5.56 Å². The summed E-state index contributed by atoms with van der Waals surface area (Å²) < 4.78 is 27.0. The van der Waals surface area contributed by atoms with Crippen molar-refractivity contribution >= 4 is 45.3 Å². The molecule has 3 aromatic carbocycles. The number of halogens is 1. The number of ether oxygens (including phenoxy) is 2. The van der Waals surface area contributed by atoms with Crippen molar-refractivity contribution in [3.8, 4) is 17.2 Å². The van der Waals surface area contributed by atoms with Crippen molar-refractivity contribution in [2.75, 3.05) is 24.3 Å². The Morgan fingerprint density at radius 2 is 1.83 bits per heavy atom. The van der Waals surface area contributed by atoms with Crippen LogP contribution in [0.2, 0.25) is 0 Å². The highest BCUT2D eigenvalue weighted by Crippen LogP contribution is 2.33. The van der Waals surface area contributed by atoms with Crippen molar-refractivity contribution in [2.24, 2.45) is 0 Å². The molecule has 10 heteroatoms. The summed E-state index contributed by atoms with van der Waals surface area (Å²) in [6.07, 6.45) is 0. The number of nitrogens with one attached hydrogen (secondary N) is 2. The number of amides is 1. The Labute approximate surface area is 208 Å². The Morgan fingerprint density at radius 1 is 1.06 bits per heavy atom. The molecule has 0 fully saturated rings. The first-order valence-electron chi connectivity index (χ1n) is 11.2. The maximum atomic E-state index is 14.8. The third-order valence-corrected chi connectivity index (χ3v) is 6.68. The van der Waals surface area contributed by atoms with Gasteiger partial charge >= 0.3 is 0 Å². The van der Waals surface area contributed by atoms with Gasteiger partial charge in [-0.25, -0.2) is 9.37 Å². The minimum absolute atomic E-state index is 0.0524. The largest absolute Gasteiger partial charge is 0.486 e. The molecule has 0 aliphatic carbocycles. The molecule has 0 radical (unpaired) electrons. The van der Waals surface area contributed by atoms with E-state index in [0.717, 1.165) is 22.7 Å². The second-order valence-corrected chi connectivity index (χ2v) is 9.02. The summed E-state index contributed by atoms with van der Waals surface area (Å²) in [5.74, 6) is 0.248. The van der Waals surface area contributed by atoms with Crippen molar-refractivity contribution in [1.82, 2.24) is 14.5 Å². The number of aromatic amines is 1. The molecule has 0 unspecified atom stereocenters. The molecule has 1 amide bonds. The lowest BCUT2D eigenvalue weighted by Gasteiger charge is -2.19. The first-order chi connectivity index (χ1) is 17.6. The van der Waals surface area contributed by atoms with Crippen LogP contribution in [0, 0.1) is 5.82 Å². The van der Waals surface area contributed by atoms with E-state index in [1.807, 2.05) is 24.3 Å². The molecular formula is C26H19FN4O4S. The van der Waals surface area contributed by atoms with Crippen LogP contribution in [0.1, 0.15) is 0 Å². The summed E-state index contributed by atoms with van der Waals surface area (Å²) in [6, 6.07) is 18.5. The molecule has 180 valence electrons. The molecule has 0 spiro atoms. The van der Waals surface area contributed by atoms with Gasteiger partial charge in [-0.15, -0.1) is 0 Å². The predicted octanol–water partition coefficient (Wildman–Crippen LogP) is 4.51. The average Bonchev–Trinajstić information content (AvgIpc) is 3.27. The lowest BCUT2D eigenvalue weighted by Crippen LogP contribution is -2.23. The van der Waals surface area contributed by atoms with Gasteiger partial charge in [0.15, 0.2) is 16.7 Å². The number of thioether (sulfide) groups is 1. The quantitative estimate of drug-likeness (QED) is 0.271. The number of anilines is 1. The molecule has 1 aliphatic heterocycles. The molecule has 0 bridgehead atoms. The number of hydrogen-bond acceptors (Lipinski definition) is 6. The molecule has 3 heterocycles. The van der Waals surface area contributed by atoms with Crippen LogP contribution in [-0.2, 0) is 4.79 Å². The van der Waals surface area contributed by atoms with Crippen LogP contribution >= 0.6 is 11.8 Å². The second-order valence-electron chi connectivity index (χ2n) is 8.08. The first kappa shape index (κ1) is 22.2. The fourth-order valence-electron chi connectivity index (χ4n) is 4.13. The van der Waals surface area contributed by atoms with Gasteiger partial charge in [-0.1, -0.05) is 42.1 Å². The van der Waals surface area contributed by atoms with Crippen molar-refractivity contribution in [3.05, 3.63) is 82.9 Å². The predicted molar refractivity (Wildman–Crippen MR) is 136 cm³/mol. The van der Waals surface area contributed by atoms with Crippen LogP contribution in [0.4, 0.5) is 10.1 Å². The molecule has 5 aromatic rings. The number of nitrogens with zero attached hydrogens (tertiary/aromatic N) is 2. The van der Waals surface area contributed by atoms with E-state index < -0.39 is 11.4 Å². The third-order valence-electron chi connectivity index (χ3n) is 5.75. The Balaban J connectivity index is 1.35. The number of rotatable bonds is 5. The maximum Gasteiger partial charge on any atom is 0.283 e. The van der Waals surface area contributed by atoms with Gasteiger partial charge in [-0.2, -0.15) is 0 Å². The molecule has 0 atom stereocenters. The fraction of sp³-hybridized carbons (Fsp3) is 0.115. The van der Waals surface area contributed by atoms with E-state index in [2.05, 4.69) is 15.3 Å². The van der Waals surface area contributed by atoms with E-state index in [-0.39, 0.29) is 28.0 Å². The third kappa shape index (κ3) is 3.95. The molecule has 2 N–H and O–H groups in total. The van der Waals surface area contributed by atoms with Crippen molar-refractivity contribution in [2.45, 2.75) is 5.16 Å². The normalized spacial score (nSPS) is 12.7. The summed E-state index contributed by atoms with van der Waals surface area (Å²) in [6.45, 7) is 0.919. The topological polar surface area (TPSA) is 98.2 Å². The Kier molecular flexibility index (Phi) is 5.57. The fourth-order valence-corrected chi connectivity index (χ4v) is 4.93. The molecule has 0 saturated carbocycles. The van der Waals surface area contributed by atoms with Crippen LogP contribution < -0.4 is 20.3 Å². The Morgan fingerprint density at radius 3 is 2.69 bits per heavy atom. The van der Waals surface area contributed by atoms with Gasteiger partial charge in [-0.05, 0) is 30.3 Å². The van der Waals surface area contributed by atoms with E-state index in [1.165, 1.54) is 16.7 Å². The van der Waals surface area contributed by atoms with Crippen LogP contribution in [0.3, 0.4) is 0 Å². The van der Waals surface area contributed by atoms with Gasteiger partial charge in [0, 0.05) is 22.7 Å². The lowest BCUT2D eigenvalue weighted by atomic mass is 10.2. The van der Waals surface area contributed by atoms with Gasteiger partial charge in [0.2, 0.25) is 5.91 Å². The molecule has 36 heavy (non-hydrogen) atoms. The molecule has 8 nitrogen and oxygen atoms in total. The van der Waals surface area contributed by atoms with Crippen LogP contribution in [0.25, 0.3) is 27.6 Å². The minimum atomic E-state index is -0.570. The number of carbonyl (C=O) groups excluding carboxylic acids is 1. The van der Waals surface area contributed by atoms with Gasteiger partial charge < -0.3 is 19.8 Å². The summed E-state index contributed by atoms with van der Waals surface area (Å²) in [4.78, 5) is 34.1. The zero-order valence-corrected chi connectivity index (χ0v) is 19.6. The average molecular weight is 503 g/mol. The smallest absolute Gasteiger partial charge is 0.283 e.